The van der Waals surface area contributed by atoms with Crippen LogP contribution in [0, 0.1) is 52.3 Å². The molecule has 9 atom stereocenters. The minimum atomic E-state index is 0.250. The minimum absolute atomic E-state index is 0.250. The number of aliphatic hydroxyl groups excluding tert-OH is 1. The molecule has 1 amide bonds. The van der Waals surface area contributed by atoms with E-state index in [0.717, 1.165) is 54.8 Å². The van der Waals surface area contributed by atoms with E-state index in [1.54, 1.807) is 0 Å². The molecule has 4 rings (SSSR count). The first-order chi connectivity index (χ1) is 14.7. The fourth-order valence-corrected chi connectivity index (χ4v) is 9.34. The molecule has 4 fully saturated rings. The van der Waals surface area contributed by atoms with Gasteiger partial charge >= 0.3 is 0 Å². The molecule has 178 valence electrons. The second-order valence-electron chi connectivity index (χ2n) is 13.0. The molecule has 0 radical (unpaired) electrons. The lowest BCUT2D eigenvalue weighted by Crippen LogP contribution is -2.63. The molecule has 0 aromatic rings. The zero-order chi connectivity index (χ0) is 22.4. The molecule has 3 nitrogen and oxygen atoms in total. The van der Waals surface area contributed by atoms with Gasteiger partial charge in [-0.3, -0.25) is 4.79 Å². The number of aliphatic hydroxyl groups is 1. The van der Waals surface area contributed by atoms with Crippen LogP contribution in [0.15, 0.2) is 0 Å². The van der Waals surface area contributed by atoms with Gasteiger partial charge in [0.1, 0.15) is 0 Å². The maximum atomic E-state index is 12.2. The first kappa shape index (κ1) is 23.6. The first-order valence-electron chi connectivity index (χ1n) is 13.6. The van der Waals surface area contributed by atoms with E-state index in [-0.39, 0.29) is 11.3 Å². The van der Waals surface area contributed by atoms with Gasteiger partial charge < -0.3 is 10.4 Å². The number of nitrogens with one attached hydrogen (secondary N) is 1. The quantitative estimate of drug-likeness (QED) is 0.504. The largest absolute Gasteiger partial charge is 0.396 e. The Labute approximate surface area is 191 Å². The maximum absolute atomic E-state index is 12.2. The van der Waals surface area contributed by atoms with Gasteiger partial charge in [0.05, 0.1) is 0 Å². The molecule has 0 spiro atoms. The number of piperidine rings is 1. The van der Waals surface area contributed by atoms with Gasteiger partial charge in [-0.05, 0) is 97.2 Å². The van der Waals surface area contributed by atoms with Crippen molar-refractivity contribution >= 4 is 5.91 Å². The fraction of sp³-hybridized carbons (Fsp3) is 0.964. The third-order valence-corrected chi connectivity index (χ3v) is 11.0. The Morgan fingerprint density at radius 1 is 1.03 bits per heavy atom. The van der Waals surface area contributed by atoms with Gasteiger partial charge in [-0.25, -0.2) is 0 Å². The van der Waals surface area contributed by atoms with Gasteiger partial charge in [0.25, 0.3) is 0 Å². The number of hydrogen-bond acceptors (Lipinski definition) is 2. The van der Waals surface area contributed by atoms with Crippen molar-refractivity contribution in [2.75, 3.05) is 6.61 Å². The zero-order valence-corrected chi connectivity index (χ0v) is 21.0. The predicted octanol–water partition coefficient (Wildman–Crippen LogP) is 6.19. The second-order valence-corrected chi connectivity index (χ2v) is 13.0. The number of hydrogen-bond donors (Lipinski definition) is 2. The van der Waals surface area contributed by atoms with Crippen LogP contribution in [0.5, 0.6) is 0 Å². The summed E-state index contributed by atoms with van der Waals surface area (Å²) < 4.78 is 0. The summed E-state index contributed by atoms with van der Waals surface area (Å²) in [5.74, 6) is 5.63. The van der Waals surface area contributed by atoms with Gasteiger partial charge in [0.2, 0.25) is 5.91 Å². The molecule has 1 heterocycles. The Morgan fingerprint density at radius 2 is 1.77 bits per heavy atom. The van der Waals surface area contributed by atoms with Crippen LogP contribution < -0.4 is 5.32 Å². The number of amides is 1. The monoisotopic (exact) mass is 431 g/mol. The van der Waals surface area contributed by atoms with Crippen LogP contribution in [0.1, 0.15) is 105 Å². The molecule has 1 aliphatic heterocycles. The lowest BCUT2D eigenvalue weighted by molar-refractivity contribution is -0.147. The molecule has 1 saturated heterocycles. The normalized spacial score (nSPS) is 45.6. The van der Waals surface area contributed by atoms with E-state index in [9.17, 15) is 9.90 Å². The van der Waals surface area contributed by atoms with E-state index in [1.165, 1.54) is 44.9 Å². The van der Waals surface area contributed by atoms with Crippen molar-refractivity contribution < 1.29 is 9.90 Å². The minimum Gasteiger partial charge on any atom is -0.396 e. The standard InChI is InChI=1S/C28H49NO2/c1-18(2)7-6-8-19(3)21-9-10-22-26-20(13-16-30)17-24-28(5,15-12-25(31)29-24)23(26)11-14-27(21,22)4/h18-24,26,30H,6-17H2,1-5H3,(H,29,31)/t19?,20?,21?,22?,23?,24?,26?,27-,28-/m1/s1. The van der Waals surface area contributed by atoms with E-state index in [4.69, 9.17) is 0 Å². The topological polar surface area (TPSA) is 49.3 Å². The highest BCUT2D eigenvalue weighted by molar-refractivity contribution is 5.77. The van der Waals surface area contributed by atoms with Gasteiger partial charge in [-0.15, -0.1) is 0 Å². The smallest absolute Gasteiger partial charge is 0.220 e. The molecule has 7 unspecified atom stereocenters. The molecule has 0 aromatic carbocycles. The van der Waals surface area contributed by atoms with Gasteiger partial charge in [-0.2, -0.15) is 0 Å². The summed E-state index contributed by atoms with van der Waals surface area (Å²) in [6.45, 7) is 12.7. The Kier molecular flexibility index (Phi) is 6.84. The average molecular weight is 432 g/mol. The van der Waals surface area contributed by atoms with Crippen molar-refractivity contribution in [3.05, 3.63) is 0 Å². The molecule has 3 aliphatic carbocycles. The lowest BCUT2D eigenvalue weighted by Gasteiger charge is -2.63. The summed E-state index contributed by atoms with van der Waals surface area (Å²) in [4.78, 5) is 12.2. The number of carbonyl (C=O) groups is 1. The Balaban J connectivity index is 1.55. The number of carbonyl (C=O) groups excluding carboxylic acids is 1. The van der Waals surface area contributed by atoms with Crippen LogP contribution >= 0.6 is 0 Å². The SMILES string of the molecule is CC(C)CCCC(C)C1CCC2C3C(CCO)CC4NC(=O)CC[C@]4(C)C3CC[C@]12C. The van der Waals surface area contributed by atoms with Crippen LogP contribution in [0.4, 0.5) is 0 Å². The van der Waals surface area contributed by atoms with Gasteiger partial charge in [-0.1, -0.05) is 53.9 Å². The van der Waals surface area contributed by atoms with Crippen LogP contribution in [0.2, 0.25) is 0 Å². The van der Waals surface area contributed by atoms with Gasteiger partial charge in [0.15, 0.2) is 0 Å². The van der Waals surface area contributed by atoms with Crippen molar-refractivity contribution in [2.24, 2.45) is 52.3 Å². The fourth-order valence-electron chi connectivity index (χ4n) is 9.34. The molecule has 4 aliphatic rings. The van der Waals surface area contributed by atoms with E-state index in [0.29, 0.717) is 30.4 Å². The van der Waals surface area contributed by atoms with Crippen molar-refractivity contribution in [1.29, 1.82) is 0 Å². The zero-order valence-electron chi connectivity index (χ0n) is 21.0. The van der Waals surface area contributed by atoms with E-state index in [1.807, 2.05) is 0 Å². The molecule has 3 saturated carbocycles. The first-order valence-corrected chi connectivity index (χ1v) is 13.6. The molecular weight excluding hydrogens is 382 g/mol. The van der Waals surface area contributed by atoms with E-state index in [2.05, 4.69) is 39.9 Å². The highest BCUT2D eigenvalue weighted by atomic mass is 16.3. The summed E-state index contributed by atoms with van der Waals surface area (Å²) >= 11 is 0. The van der Waals surface area contributed by atoms with Gasteiger partial charge in [0, 0.05) is 19.1 Å². The Morgan fingerprint density at radius 3 is 2.48 bits per heavy atom. The molecule has 3 heteroatoms. The third kappa shape index (κ3) is 4.11. The number of fused-ring (bicyclic) bond motifs is 5. The summed E-state index contributed by atoms with van der Waals surface area (Å²) in [7, 11) is 0. The Bertz CT molecular complexity index is 647. The van der Waals surface area contributed by atoms with Crippen LogP contribution in [-0.2, 0) is 4.79 Å². The Hall–Kier alpha value is -0.570. The molecule has 0 aromatic heterocycles. The molecule has 31 heavy (non-hydrogen) atoms. The highest BCUT2D eigenvalue weighted by Crippen LogP contribution is 2.68. The summed E-state index contributed by atoms with van der Waals surface area (Å²) in [5, 5.41) is 13.3. The summed E-state index contributed by atoms with van der Waals surface area (Å²) in [6.07, 6.45) is 13.4. The number of rotatable bonds is 7. The molecule has 2 N–H and O–H groups in total. The van der Waals surface area contributed by atoms with Crippen molar-refractivity contribution in [2.45, 2.75) is 111 Å². The highest BCUT2D eigenvalue weighted by Gasteiger charge is 2.62. The predicted molar refractivity (Wildman–Crippen MR) is 127 cm³/mol. The molecule has 0 bridgehead atoms. The van der Waals surface area contributed by atoms with Crippen LogP contribution in [0.25, 0.3) is 0 Å². The van der Waals surface area contributed by atoms with Crippen molar-refractivity contribution in [3.8, 4) is 0 Å². The summed E-state index contributed by atoms with van der Waals surface area (Å²) in [5.41, 5.74) is 0.736. The van der Waals surface area contributed by atoms with E-state index >= 15 is 0 Å². The third-order valence-electron chi connectivity index (χ3n) is 11.0. The van der Waals surface area contributed by atoms with Crippen LogP contribution in [-0.4, -0.2) is 23.7 Å². The average Bonchev–Trinajstić information content (AvgIpc) is 3.06. The second kappa shape index (κ2) is 8.99. The molecular formula is C28H49NO2. The summed E-state index contributed by atoms with van der Waals surface area (Å²) in [6, 6.07) is 0.322. The van der Waals surface area contributed by atoms with Crippen molar-refractivity contribution in [3.63, 3.8) is 0 Å². The van der Waals surface area contributed by atoms with E-state index < -0.39 is 0 Å². The van der Waals surface area contributed by atoms with Crippen LogP contribution in [0.3, 0.4) is 0 Å². The van der Waals surface area contributed by atoms with Crippen molar-refractivity contribution in [1.82, 2.24) is 5.32 Å². The maximum Gasteiger partial charge on any atom is 0.220 e. The lowest BCUT2D eigenvalue weighted by atomic mass is 9.44.